The fourth-order valence-electron chi connectivity index (χ4n) is 3.48. The highest BCUT2D eigenvalue weighted by Crippen LogP contribution is 2.30. The first kappa shape index (κ1) is 24.9. The Balaban J connectivity index is 0.00000576. The number of aliphatic hydroxyl groups is 1. The van der Waals surface area contributed by atoms with Crippen LogP contribution in [0.4, 0.5) is 0 Å². The summed E-state index contributed by atoms with van der Waals surface area (Å²) >= 11 is 0. The quantitative estimate of drug-likeness (QED) is 0.262. The number of likely N-dealkylation sites (tertiary alicyclic amines) is 1. The van der Waals surface area contributed by atoms with Crippen molar-refractivity contribution in [2.24, 2.45) is 16.3 Å². The molecular weight excluding hydrogens is 427 g/mol. The van der Waals surface area contributed by atoms with Crippen LogP contribution in [0.3, 0.4) is 0 Å². The lowest BCUT2D eigenvalue weighted by atomic mass is 9.79. The number of nitrogens with one attached hydrogen (secondary N) is 2. The standard InChI is InChI=1S/C19H40N4O.HI/c1-5-19(6-2,11-15-24)16-22-18(20-7-3)21-12-8-17-9-13-23(4)14-10-17;/h17,24H,5-16H2,1-4H3,(H2,20,21,22);1H. The zero-order valence-corrected chi connectivity index (χ0v) is 19.1. The molecule has 0 bridgehead atoms. The predicted octanol–water partition coefficient (Wildman–Crippen LogP) is 3.08. The maximum absolute atomic E-state index is 9.35. The van der Waals surface area contributed by atoms with Crippen molar-refractivity contribution in [1.82, 2.24) is 15.5 Å². The van der Waals surface area contributed by atoms with Crippen LogP contribution in [0.5, 0.6) is 0 Å². The summed E-state index contributed by atoms with van der Waals surface area (Å²) in [6.07, 6.45) is 6.81. The normalized spacial score (nSPS) is 17.2. The minimum absolute atomic E-state index is 0. The van der Waals surface area contributed by atoms with Crippen molar-refractivity contribution in [3.8, 4) is 0 Å². The van der Waals surface area contributed by atoms with E-state index in [-0.39, 0.29) is 36.0 Å². The average Bonchev–Trinajstić information content (AvgIpc) is 2.60. The molecule has 1 saturated heterocycles. The molecule has 0 aromatic rings. The summed E-state index contributed by atoms with van der Waals surface area (Å²) in [5.74, 6) is 1.77. The molecule has 3 N–H and O–H groups in total. The van der Waals surface area contributed by atoms with Crippen LogP contribution in [0.2, 0.25) is 0 Å². The minimum Gasteiger partial charge on any atom is -0.396 e. The Kier molecular flexibility index (Phi) is 14.0. The zero-order valence-electron chi connectivity index (χ0n) is 16.8. The molecule has 1 fully saturated rings. The maximum Gasteiger partial charge on any atom is 0.191 e. The number of aliphatic imine (C=N–C) groups is 1. The van der Waals surface area contributed by atoms with E-state index in [1.54, 1.807) is 0 Å². The number of halogens is 1. The lowest BCUT2D eigenvalue weighted by Crippen LogP contribution is -2.40. The van der Waals surface area contributed by atoms with Crippen LogP contribution in [-0.2, 0) is 0 Å². The van der Waals surface area contributed by atoms with E-state index >= 15 is 0 Å². The van der Waals surface area contributed by atoms with Gasteiger partial charge in [-0.05, 0) is 76.9 Å². The largest absolute Gasteiger partial charge is 0.396 e. The van der Waals surface area contributed by atoms with Gasteiger partial charge in [0.25, 0.3) is 0 Å². The van der Waals surface area contributed by atoms with E-state index in [0.29, 0.717) is 0 Å². The molecule has 0 radical (unpaired) electrons. The molecule has 1 rings (SSSR count). The van der Waals surface area contributed by atoms with Gasteiger partial charge in [0.15, 0.2) is 5.96 Å². The predicted molar refractivity (Wildman–Crippen MR) is 119 cm³/mol. The molecule has 0 spiro atoms. The molecule has 0 aromatic heterocycles. The fourth-order valence-corrected chi connectivity index (χ4v) is 3.48. The maximum atomic E-state index is 9.35. The van der Waals surface area contributed by atoms with Crippen molar-refractivity contribution >= 4 is 29.9 Å². The first-order chi connectivity index (χ1) is 11.6. The summed E-state index contributed by atoms with van der Waals surface area (Å²) in [4.78, 5) is 7.24. The van der Waals surface area contributed by atoms with Crippen LogP contribution in [0, 0.1) is 11.3 Å². The van der Waals surface area contributed by atoms with Crippen LogP contribution in [0.1, 0.15) is 59.3 Å². The molecule has 25 heavy (non-hydrogen) atoms. The average molecular weight is 468 g/mol. The van der Waals surface area contributed by atoms with Gasteiger partial charge in [0, 0.05) is 26.2 Å². The summed E-state index contributed by atoms with van der Waals surface area (Å²) < 4.78 is 0. The van der Waals surface area contributed by atoms with Crippen LogP contribution < -0.4 is 10.6 Å². The van der Waals surface area contributed by atoms with Crippen molar-refractivity contribution in [2.75, 3.05) is 46.4 Å². The summed E-state index contributed by atoms with van der Waals surface area (Å²) in [7, 11) is 2.21. The monoisotopic (exact) mass is 468 g/mol. The summed E-state index contributed by atoms with van der Waals surface area (Å²) in [5.41, 5.74) is 0.130. The number of hydrogen-bond acceptors (Lipinski definition) is 3. The molecule has 0 aromatic carbocycles. The second kappa shape index (κ2) is 14.0. The number of guanidine groups is 1. The van der Waals surface area contributed by atoms with E-state index in [2.05, 4.69) is 43.4 Å². The molecule has 1 aliphatic rings. The molecule has 150 valence electrons. The van der Waals surface area contributed by atoms with Crippen LogP contribution in [-0.4, -0.2) is 62.3 Å². The molecule has 1 aliphatic heterocycles. The highest BCUT2D eigenvalue weighted by molar-refractivity contribution is 14.0. The minimum atomic E-state index is 0. The summed E-state index contributed by atoms with van der Waals surface area (Å²) in [6.45, 7) is 11.9. The summed E-state index contributed by atoms with van der Waals surface area (Å²) in [6, 6.07) is 0. The smallest absolute Gasteiger partial charge is 0.191 e. The van der Waals surface area contributed by atoms with Crippen molar-refractivity contribution < 1.29 is 5.11 Å². The fraction of sp³-hybridized carbons (Fsp3) is 0.947. The summed E-state index contributed by atoms with van der Waals surface area (Å²) in [5, 5.41) is 16.2. The Hall–Kier alpha value is -0.0800. The SMILES string of the molecule is CCNC(=NCC(CC)(CC)CCO)NCCC1CCN(C)CC1.I. The van der Waals surface area contributed by atoms with Gasteiger partial charge < -0.3 is 20.6 Å². The molecule has 0 amide bonds. The lowest BCUT2D eigenvalue weighted by molar-refractivity contribution is 0.175. The molecule has 0 saturated carbocycles. The first-order valence-corrected chi connectivity index (χ1v) is 9.90. The van der Waals surface area contributed by atoms with Gasteiger partial charge in [-0.25, -0.2) is 0 Å². The number of nitrogens with zero attached hydrogens (tertiary/aromatic N) is 2. The Labute approximate surface area is 172 Å². The van der Waals surface area contributed by atoms with Crippen LogP contribution in [0.25, 0.3) is 0 Å². The Morgan fingerprint density at radius 3 is 2.32 bits per heavy atom. The number of aliphatic hydroxyl groups excluding tert-OH is 1. The topological polar surface area (TPSA) is 59.9 Å². The van der Waals surface area contributed by atoms with Gasteiger partial charge in [-0.1, -0.05) is 13.8 Å². The second-order valence-corrected chi connectivity index (χ2v) is 7.34. The van der Waals surface area contributed by atoms with Gasteiger partial charge in [-0.15, -0.1) is 24.0 Å². The molecular formula is C19H41IN4O. The molecule has 6 heteroatoms. The van der Waals surface area contributed by atoms with E-state index in [1.165, 1.54) is 32.4 Å². The van der Waals surface area contributed by atoms with Gasteiger partial charge in [-0.3, -0.25) is 4.99 Å². The van der Waals surface area contributed by atoms with E-state index in [9.17, 15) is 5.11 Å². The first-order valence-electron chi connectivity index (χ1n) is 9.90. The van der Waals surface area contributed by atoms with Gasteiger partial charge in [-0.2, -0.15) is 0 Å². The molecule has 5 nitrogen and oxygen atoms in total. The second-order valence-electron chi connectivity index (χ2n) is 7.34. The molecule has 0 aliphatic carbocycles. The third-order valence-electron chi connectivity index (χ3n) is 5.74. The Morgan fingerprint density at radius 2 is 1.80 bits per heavy atom. The van der Waals surface area contributed by atoms with Gasteiger partial charge in [0.2, 0.25) is 0 Å². The van der Waals surface area contributed by atoms with Gasteiger partial charge >= 0.3 is 0 Å². The highest BCUT2D eigenvalue weighted by atomic mass is 127. The van der Waals surface area contributed by atoms with Crippen molar-refractivity contribution in [3.63, 3.8) is 0 Å². The van der Waals surface area contributed by atoms with E-state index < -0.39 is 0 Å². The zero-order chi connectivity index (χ0) is 17.8. The van der Waals surface area contributed by atoms with E-state index in [4.69, 9.17) is 4.99 Å². The number of hydrogen-bond donors (Lipinski definition) is 3. The van der Waals surface area contributed by atoms with Gasteiger partial charge in [0.1, 0.15) is 0 Å². The van der Waals surface area contributed by atoms with Crippen molar-refractivity contribution in [2.45, 2.75) is 59.3 Å². The molecule has 0 unspecified atom stereocenters. The van der Waals surface area contributed by atoms with Gasteiger partial charge in [0.05, 0.1) is 0 Å². The third kappa shape index (κ3) is 9.43. The van der Waals surface area contributed by atoms with E-state index in [0.717, 1.165) is 50.8 Å². The van der Waals surface area contributed by atoms with Crippen LogP contribution >= 0.6 is 24.0 Å². The number of rotatable bonds is 10. The molecule has 1 heterocycles. The lowest BCUT2D eigenvalue weighted by Gasteiger charge is -2.30. The van der Waals surface area contributed by atoms with Crippen molar-refractivity contribution in [1.29, 1.82) is 0 Å². The Bertz CT molecular complexity index is 353. The van der Waals surface area contributed by atoms with Crippen molar-refractivity contribution in [3.05, 3.63) is 0 Å². The Morgan fingerprint density at radius 1 is 1.16 bits per heavy atom. The third-order valence-corrected chi connectivity index (χ3v) is 5.74. The number of piperidine rings is 1. The molecule has 0 atom stereocenters. The highest BCUT2D eigenvalue weighted by Gasteiger charge is 2.25. The van der Waals surface area contributed by atoms with Crippen LogP contribution in [0.15, 0.2) is 4.99 Å². The van der Waals surface area contributed by atoms with E-state index in [1.807, 2.05) is 0 Å².